The number of carbonyl (C=O) groups excluding carboxylic acids is 1. The highest BCUT2D eigenvalue weighted by Gasteiger charge is 2.37. The Morgan fingerprint density at radius 2 is 1.97 bits per heavy atom. The topological polar surface area (TPSA) is 71.8 Å². The summed E-state index contributed by atoms with van der Waals surface area (Å²) in [6.45, 7) is 5.95. The van der Waals surface area contributed by atoms with Crippen molar-refractivity contribution in [3.05, 3.63) is 70.8 Å². The van der Waals surface area contributed by atoms with E-state index in [-0.39, 0.29) is 17.8 Å². The molecule has 150 valence electrons. The van der Waals surface area contributed by atoms with Gasteiger partial charge in [-0.2, -0.15) is 0 Å². The second-order valence-corrected chi connectivity index (χ2v) is 8.20. The molecule has 2 aromatic carbocycles. The third-order valence-electron chi connectivity index (χ3n) is 4.96. The van der Waals surface area contributed by atoms with Crippen molar-refractivity contribution in [2.45, 2.75) is 43.6 Å². The first-order chi connectivity index (χ1) is 14.0. The Morgan fingerprint density at radius 1 is 1.21 bits per heavy atom. The molecule has 3 aromatic rings. The summed E-state index contributed by atoms with van der Waals surface area (Å²) in [6.07, 6.45) is 0.704. The van der Waals surface area contributed by atoms with Crippen molar-refractivity contribution in [2.75, 3.05) is 10.7 Å². The molecule has 4 rings (SSSR count). The van der Waals surface area contributed by atoms with Crippen molar-refractivity contribution < 1.29 is 9.18 Å². The molecule has 2 N–H and O–H groups in total. The summed E-state index contributed by atoms with van der Waals surface area (Å²) in [7, 11) is 0. The first-order valence-electron chi connectivity index (χ1n) is 9.47. The van der Waals surface area contributed by atoms with Crippen molar-refractivity contribution in [3.8, 4) is 0 Å². The van der Waals surface area contributed by atoms with Crippen molar-refractivity contribution in [1.82, 2.24) is 14.9 Å². The minimum Gasteiger partial charge on any atom is -0.325 e. The van der Waals surface area contributed by atoms with Gasteiger partial charge in [0.1, 0.15) is 11.1 Å². The lowest BCUT2D eigenvalue weighted by atomic mass is 10.0. The quantitative estimate of drug-likeness (QED) is 0.679. The Morgan fingerprint density at radius 3 is 2.69 bits per heavy atom. The minimum atomic E-state index is -0.498. The Hall–Kier alpha value is -2.87. The fourth-order valence-electron chi connectivity index (χ4n) is 3.32. The van der Waals surface area contributed by atoms with Gasteiger partial charge in [0.05, 0.1) is 6.04 Å². The molecule has 0 radical (unpaired) electrons. The molecule has 0 saturated carbocycles. The zero-order chi connectivity index (χ0) is 20.5. The maximum absolute atomic E-state index is 13.5. The van der Waals surface area contributed by atoms with Gasteiger partial charge < -0.3 is 10.7 Å². The van der Waals surface area contributed by atoms with E-state index in [1.807, 2.05) is 43.6 Å². The van der Waals surface area contributed by atoms with Crippen LogP contribution in [0.5, 0.6) is 0 Å². The van der Waals surface area contributed by atoms with Crippen LogP contribution in [0.2, 0.25) is 0 Å². The van der Waals surface area contributed by atoms with Crippen LogP contribution in [0, 0.1) is 19.7 Å². The lowest BCUT2D eigenvalue weighted by Crippen LogP contribution is -2.41. The van der Waals surface area contributed by atoms with Crippen LogP contribution in [-0.4, -0.2) is 26.0 Å². The molecule has 1 aromatic heterocycles. The van der Waals surface area contributed by atoms with Gasteiger partial charge in [-0.3, -0.25) is 4.79 Å². The number of halogens is 1. The van der Waals surface area contributed by atoms with Gasteiger partial charge in [-0.15, -0.1) is 10.2 Å². The number of hydrogen-bond acceptors (Lipinski definition) is 5. The third-order valence-corrected chi connectivity index (χ3v) is 6.17. The molecule has 6 nitrogen and oxygen atoms in total. The fourth-order valence-corrected chi connectivity index (χ4v) is 4.42. The molecule has 0 bridgehead atoms. The Kier molecular flexibility index (Phi) is 5.27. The number of rotatable bonds is 4. The summed E-state index contributed by atoms with van der Waals surface area (Å²) in [4.78, 5) is 13.3. The Balaban J connectivity index is 1.68. The van der Waals surface area contributed by atoms with E-state index in [0.717, 1.165) is 28.2 Å². The third kappa shape index (κ3) is 3.85. The number of amides is 1. The molecule has 0 unspecified atom stereocenters. The summed E-state index contributed by atoms with van der Waals surface area (Å²) < 4.78 is 15.3. The van der Waals surface area contributed by atoms with Crippen LogP contribution in [0.25, 0.3) is 0 Å². The predicted molar refractivity (Wildman–Crippen MR) is 112 cm³/mol. The van der Waals surface area contributed by atoms with Crippen molar-refractivity contribution in [3.63, 3.8) is 0 Å². The molecule has 1 aliphatic heterocycles. The van der Waals surface area contributed by atoms with Gasteiger partial charge in [0, 0.05) is 12.1 Å². The molecular weight excluding hydrogens is 389 g/mol. The summed E-state index contributed by atoms with van der Waals surface area (Å²) in [5.41, 5.74) is 7.04. The molecule has 8 heteroatoms. The molecule has 1 amide bonds. The summed E-state index contributed by atoms with van der Waals surface area (Å²) in [5.74, 6) is 0.332. The van der Waals surface area contributed by atoms with E-state index in [0.29, 0.717) is 11.6 Å². The molecule has 2 atom stereocenters. The number of aryl methyl sites for hydroxylation is 3. The number of hydrogen-bond donors (Lipinski definition) is 2. The lowest BCUT2D eigenvalue weighted by Gasteiger charge is -2.33. The standard InChI is InChI=1S/C21H22FN5OS/c1-4-17-24-25-21-27(17)26-18(14-7-9-15(22)10-8-14)19(29-21)20(28)23-16-11-12(2)5-6-13(16)3/h5-11,18-19,26H,4H2,1-3H3,(H,23,28)/t18-,19-/m0/s1. The number of nitrogens with zero attached hydrogens (tertiary/aromatic N) is 3. The molecule has 0 fully saturated rings. The lowest BCUT2D eigenvalue weighted by molar-refractivity contribution is -0.116. The second-order valence-electron chi connectivity index (χ2n) is 7.09. The van der Waals surface area contributed by atoms with Crippen LogP contribution >= 0.6 is 11.8 Å². The van der Waals surface area contributed by atoms with Gasteiger partial charge in [-0.1, -0.05) is 43.0 Å². The van der Waals surface area contributed by atoms with Crippen molar-refractivity contribution in [2.24, 2.45) is 0 Å². The monoisotopic (exact) mass is 411 g/mol. The molecule has 0 saturated heterocycles. The van der Waals surface area contributed by atoms with Gasteiger partial charge >= 0.3 is 0 Å². The van der Waals surface area contributed by atoms with Crippen LogP contribution < -0.4 is 10.7 Å². The number of thioether (sulfide) groups is 1. The normalized spacial score (nSPS) is 18.1. The van der Waals surface area contributed by atoms with Crippen LogP contribution in [-0.2, 0) is 11.2 Å². The first-order valence-corrected chi connectivity index (χ1v) is 10.4. The first kappa shape index (κ1) is 19.4. The number of carbonyl (C=O) groups is 1. The summed E-state index contributed by atoms with van der Waals surface area (Å²) in [5, 5.41) is 11.6. The molecule has 29 heavy (non-hydrogen) atoms. The average Bonchev–Trinajstić information content (AvgIpc) is 3.12. The molecule has 2 heterocycles. The van der Waals surface area contributed by atoms with Crippen LogP contribution in [0.4, 0.5) is 10.1 Å². The van der Waals surface area contributed by atoms with E-state index >= 15 is 0 Å². The number of benzene rings is 2. The van der Waals surface area contributed by atoms with E-state index < -0.39 is 5.25 Å². The molecule has 0 aliphatic carbocycles. The zero-order valence-corrected chi connectivity index (χ0v) is 17.3. The van der Waals surface area contributed by atoms with Crippen LogP contribution in [0.1, 0.15) is 35.5 Å². The van der Waals surface area contributed by atoms with Crippen molar-refractivity contribution in [1.29, 1.82) is 0 Å². The number of aromatic nitrogens is 3. The van der Waals surface area contributed by atoms with Gasteiger partial charge in [-0.05, 0) is 48.7 Å². The highest BCUT2D eigenvalue weighted by atomic mass is 32.2. The van der Waals surface area contributed by atoms with E-state index in [2.05, 4.69) is 20.9 Å². The highest BCUT2D eigenvalue weighted by Crippen LogP contribution is 2.37. The van der Waals surface area contributed by atoms with E-state index in [9.17, 15) is 9.18 Å². The number of anilines is 1. The molecule has 1 aliphatic rings. The number of nitrogens with one attached hydrogen (secondary N) is 2. The largest absolute Gasteiger partial charge is 0.325 e. The zero-order valence-electron chi connectivity index (χ0n) is 16.4. The van der Waals surface area contributed by atoms with Crippen LogP contribution in [0.15, 0.2) is 47.6 Å². The molecule has 0 spiro atoms. The van der Waals surface area contributed by atoms with E-state index in [1.165, 1.54) is 23.9 Å². The smallest absolute Gasteiger partial charge is 0.240 e. The molecular formula is C21H22FN5OS. The Labute approximate surface area is 172 Å². The SMILES string of the molecule is CCc1nnc2n1N[C@@H](c1ccc(F)cc1)[C@@H](C(=O)Nc1cc(C)ccc1C)S2. The van der Waals surface area contributed by atoms with Gasteiger partial charge in [0.2, 0.25) is 11.1 Å². The van der Waals surface area contributed by atoms with Crippen molar-refractivity contribution >= 4 is 23.4 Å². The highest BCUT2D eigenvalue weighted by molar-refractivity contribution is 8.00. The summed E-state index contributed by atoms with van der Waals surface area (Å²) >= 11 is 1.36. The van der Waals surface area contributed by atoms with Gasteiger partial charge in [-0.25, -0.2) is 9.07 Å². The van der Waals surface area contributed by atoms with Crippen LogP contribution in [0.3, 0.4) is 0 Å². The van der Waals surface area contributed by atoms with Gasteiger partial charge in [0.25, 0.3) is 0 Å². The maximum atomic E-state index is 13.5. The minimum absolute atomic E-state index is 0.141. The predicted octanol–water partition coefficient (Wildman–Crippen LogP) is 3.99. The maximum Gasteiger partial charge on any atom is 0.240 e. The fraction of sp³-hybridized carbons (Fsp3) is 0.286. The Bertz CT molecular complexity index is 1050. The van der Waals surface area contributed by atoms with E-state index in [4.69, 9.17) is 0 Å². The van der Waals surface area contributed by atoms with E-state index in [1.54, 1.807) is 12.1 Å². The number of fused-ring (bicyclic) bond motifs is 1. The van der Waals surface area contributed by atoms with Gasteiger partial charge in [0.15, 0.2) is 5.82 Å². The second kappa shape index (κ2) is 7.87. The average molecular weight is 412 g/mol. The summed E-state index contributed by atoms with van der Waals surface area (Å²) in [6, 6.07) is 11.8.